The van der Waals surface area contributed by atoms with Crippen LogP contribution in [0.5, 0.6) is 5.75 Å². The molecule has 29 heavy (non-hydrogen) atoms. The number of methoxy groups -OCH3 is 1. The Bertz CT molecular complexity index is 1100. The predicted molar refractivity (Wildman–Crippen MR) is 119 cm³/mol. The first-order valence-corrected chi connectivity index (χ1v) is 11.1. The van der Waals surface area contributed by atoms with E-state index in [-0.39, 0.29) is 0 Å². The summed E-state index contributed by atoms with van der Waals surface area (Å²) in [5.41, 5.74) is 4.70. The van der Waals surface area contributed by atoms with Gasteiger partial charge in [-0.25, -0.2) is 4.98 Å². The third-order valence-electron chi connectivity index (χ3n) is 4.72. The number of nitrogens with zero attached hydrogens (tertiary/aromatic N) is 4. The Balaban J connectivity index is 1.41. The molecular weight excluding hydrogens is 400 g/mol. The highest BCUT2D eigenvalue weighted by atomic mass is 32.2. The largest absolute Gasteiger partial charge is 0.497 e. The van der Waals surface area contributed by atoms with Gasteiger partial charge in [0.15, 0.2) is 5.16 Å². The van der Waals surface area contributed by atoms with Gasteiger partial charge in [-0.05, 0) is 30.2 Å². The summed E-state index contributed by atoms with van der Waals surface area (Å²) >= 11 is 3.35. The summed E-state index contributed by atoms with van der Waals surface area (Å²) < 4.78 is 7.28. The van der Waals surface area contributed by atoms with E-state index in [1.165, 1.54) is 16.7 Å². The molecule has 0 atom stereocenters. The van der Waals surface area contributed by atoms with Crippen LogP contribution in [0.25, 0.3) is 10.6 Å². The second kappa shape index (κ2) is 8.80. The van der Waals surface area contributed by atoms with E-state index in [4.69, 9.17) is 9.72 Å². The molecule has 2 aromatic heterocycles. The summed E-state index contributed by atoms with van der Waals surface area (Å²) in [4.78, 5) is 4.81. The number of rotatable bonds is 7. The van der Waals surface area contributed by atoms with E-state index < -0.39 is 0 Å². The molecule has 7 heteroatoms. The molecule has 0 spiro atoms. The average Bonchev–Trinajstić information content (AvgIpc) is 3.35. The Hall–Kier alpha value is -2.64. The van der Waals surface area contributed by atoms with Gasteiger partial charge in [0.05, 0.1) is 12.8 Å². The lowest BCUT2D eigenvalue weighted by Crippen LogP contribution is -2.00. The lowest BCUT2D eigenvalue weighted by molar-refractivity contribution is 0.414. The van der Waals surface area contributed by atoms with Crippen molar-refractivity contribution >= 4 is 23.1 Å². The smallest absolute Gasteiger partial charge is 0.191 e. The number of thiazole rings is 1. The zero-order chi connectivity index (χ0) is 20.2. The fourth-order valence-electron chi connectivity index (χ4n) is 3.00. The highest BCUT2D eigenvalue weighted by Gasteiger charge is 2.12. The maximum absolute atomic E-state index is 5.22. The van der Waals surface area contributed by atoms with E-state index in [1.54, 1.807) is 30.2 Å². The molecule has 0 unspecified atom stereocenters. The fraction of sp³-hybridized carbons (Fsp3) is 0.227. The molecule has 2 heterocycles. The van der Waals surface area contributed by atoms with Gasteiger partial charge < -0.3 is 9.30 Å². The number of aromatic nitrogens is 4. The number of benzene rings is 2. The van der Waals surface area contributed by atoms with E-state index >= 15 is 0 Å². The van der Waals surface area contributed by atoms with E-state index in [1.807, 2.05) is 19.2 Å². The number of thioether (sulfide) groups is 1. The van der Waals surface area contributed by atoms with Crippen molar-refractivity contribution in [2.45, 2.75) is 24.3 Å². The van der Waals surface area contributed by atoms with E-state index in [2.05, 4.69) is 63.5 Å². The number of hydrogen-bond acceptors (Lipinski definition) is 6. The standard InChI is InChI=1S/C22H22N4OS2/c1-15-6-4-5-7-19(15)21-23-17(13-28-21)14-29-22-25-24-20(26(22)2)12-16-8-10-18(27-3)11-9-16/h4-11,13H,12,14H2,1-3H3. The van der Waals surface area contributed by atoms with Crippen molar-refractivity contribution in [1.82, 2.24) is 19.7 Å². The highest BCUT2D eigenvalue weighted by Crippen LogP contribution is 2.29. The lowest BCUT2D eigenvalue weighted by Gasteiger charge is -2.05. The van der Waals surface area contributed by atoms with Crippen LogP contribution in [0.4, 0.5) is 0 Å². The number of hydrogen-bond donors (Lipinski definition) is 0. The molecule has 0 saturated heterocycles. The Kier molecular flexibility index (Phi) is 5.97. The summed E-state index contributed by atoms with van der Waals surface area (Å²) in [6.45, 7) is 2.12. The summed E-state index contributed by atoms with van der Waals surface area (Å²) in [7, 11) is 3.69. The van der Waals surface area contributed by atoms with Gasteiger partial charge in [-0.1, -0.05) is 48.2 Å². The Morgan fingerprint density at radius 1 is 1.07 bits per heavy atom. The maximum Gasteiger partial charge on any atom is 0.191 e. The number of ether oxygens (including phenoxy) is 1. The molecule has 0 fully saturated rings. The fourth-order valence-corrected chi connectivity index (χ4v) is 4.84. The van der Waals surface area contributed by atoms with Crippen molar-refractivity contribution in [3.63, 3.8) is 0 Å². The van der Waals surface area contributed by atoms with Gasteiger partial charge in [-0.2, -0.15) is 0 Å². The SMILES string of the molecule is COc1ccc(Cc2nnc(SCc3csc(-c4ccccc4C)n3)n2C)cc1. The minimum atomic E-state index is 0.738. The molecule has 0 radical (unpaired) electrons. The zero-order valence-corrected chi connectivity index (χ0v) is 18.3. The summed E-state index contributed by atoms with van der Waals surface area (Å²) in [6.07, 6.45) is 0.738. The van der Waals surface area contributed by atoms with Crippen molar-refractivity contribution < 1.29 is 4.74 Å². The van der Waals surface area contributed by atoms with Gasteiger partial charge in [0, 0.05) is 30.2 Å². The normalized spacial score (nSPS) is 11.0. The molecular formula is C22H22N4OS2. The van der Waals surface area contributed by atoms with Crippen LogP contribution in [0.15, 0.2) is 59.1 Å². The lowest BCUT2D eigenvalue weighted by atomic mass is 10.1. The molecule has 5 nitrogen and oxygen atoms in total. The van der Waals surface area contributed by atoms with E-state index in [9.17, 15) is 0 Å². The Morgan fingerprint density at radius 2 is 1.86 bits per heavy atom. The molecule has 2 aromatic carbocycles. The summed E-state index contributed by atoms with van der Waals surface area (Å²) in [5.74, 6) is 2.57. The van der Waals surface area contributed by atoms with E-state index in [0.29, 0.717) is 0 Å². The van der Waals surface area contributed by atoms with Crippen molar-refractivity contribution in [2.75, 3.05) is 7.11 Å². The molecule has 4 rings (SSSR count). The van der Waals surface area contributed by atoms with Crippen LogP contribution in [0.2, 0.25) is 0 Å². The van der Waals surface area contributed by atoms with Crippen LogP contribution in [0, 0.1) is 6.92 Å². The maximum atomic E-state index is 5.22. The minimum Gasteiger partial charge on any atom is -0.497 e. The second-order valence-electron chi connectivity index (χ2n) is 6.73. The molecule has 0 saturated carbocycles. The monoisotopic (exact) mass is 422 g/mol. The van der Waals surface area contributed by atoms with Crippen LogP contribution < -0.4 is 4.74 Å². The van der Waals surface area contributed by atoms with Crippen LogP contribution in [0.1, 0.15) is 22.6 Å². The van der Waals surface area contributed by atoms with Crippen LogP contribution in [0.3, 0.4) is 0 Å². The third kappa shape index (κ3) is 4.52. The molecule has 0 bridgehead atoms. The van der Waals surface area contributed by atoms with Gasteiger partial charge in [0.1, 0.15) is 16.6 Å². The second-order valence-corrected chi connectivity index (χ2v) is 8.53. The van der Waals surface area contributed by atoms with Crippen LogP contribution >= 0.6 is 23.1 Å². The van der Waals surface area contributed by atoms with Gasteiger partial charge >= 0.3 is 0 Å². The quantitative estimate of drug-likeness (QED) is 0.386. The van der Waals surface area contributed by atoms with Gasteiger partial charge in [0.25, 0.3) is 0 Å². The number of aryl methyl sites for hydroxylation is 1. The minimum absolute atomic E-state index is 0.738. The first-order valence-electron chi connectivity index (χ1n) is 9.28. The first kappa shape index (κ1) is 19.7. The van der Waals surface area contributed by atoms with Gasteiger partial charge in [0.2, 0.25) is 0 Å². The van der Waals surface area contributed by atoms with Crippen molar-refractivity contribution in [2.24, 2.45) is 7.05 Å². The molecule has 0 N–H and O–H groups in total. The third-order valence-corrected chi connectivity index (χ3v) is 6.70. The van der Waals surface area contributed by atoms with Crippen LogP contribution in [-0.2, 0) is 19.2 Å². The highest BCUT2D eigenvalue weighted by molar-refractivity contribution is 7.98. The first-order chi connectivity index (χ1) is 14.1. The average molecular weight is 423 g/mol. The van der Waals surface area contributed by atoms with Crippen molar-refractivity contribution in [3.8, 4) is 16.3 Å². The Labute approximate surface area is 178 Å². The van der Waals surface area contributed by atoms with Gasteiger partial charge in [-0.3, -0.25) is 0 Å². The zero-order valence-electron chi connectivity index (χ0n) is 16.6. The topological polar surface area (TPSA) is 52.8 Å². The van der Waals surface area contributed by atoms with Crippen LogP contribution in [-0.4, -0.2) is 26.9 Å². The molecule has 4 aromatic rings. The molecule has 0 amide bonds. The molecule has 0 aliphatic heterocycles. The molecule has 0 aliphatic rings. The Morgan fingerprint density at radius 3 is 2.62 bits per heavy atom. The molecule has 0 aliphatic carbocycles. The molecule has 148 valence electrons. The van der Waals surface area contributed by atoms with Crippen molar-refractivity contribution in [3.05, 3.63) is 76.6 Å². The predicted octanol–water partition coefficient (Wildman–Crippen LogP) is 5.14. The van der Waals surface area contributed by atoms with Crippen molar-refractivity contribution in [1.29, 1.82) is 0 Å². The van der Waals surface area contributed by atoms with E-state index in [0.717, 1.165) is 39.6 Å². The summed E-state index contributed by atoms with van der Waals surface area (Å²) in [6, 6.07) is 16.4. The van der Waals surface area contributed by atoms with Gasteiger partial charge in [-0.15, -0.1) is 21.5 Å². The summed E-state index contributed by atoms with van der Waals surface area (Å²) in [5, 5.41) is 12.8.